The van der Waals surface area contributed by atoms with Crippen molar-refractivity contribution >= 4 is 15.9 Å². The van der Waals surface area contributed by atoms with Gasteiger partial charge in [0.2, 0.25) is 0 Å². The second-order valence-corrected chi connectivity index (χ2v) is 7.05. The van der Waals surface area contributed by atoms with E-state index in [0.717, 1.165) is 55.1 Å². The molecule has 4 nitrogen and oxygen atoms in total. The van der Waals surface area contributed by atoms with E-state index in [0.29, 0.717) is 5.75 Å². The van der Waals surface area contributed by atoms with Gasteiger partial charge in [-0.25, -0.2) is 0 Å². The van der Waals surface area contributed by atoms with E-state index in [1.807, 2.05) is 24.3 Å². The van der Waals surface area contributed by atoms with E-state index in [2.05, 4.69) is 37.9 Å². The van der Waals surface area contributed by atoms with E-state index in [1.54, 1.807) is 13.2 Å². The summed E-state index contributed by atoms with van der Waals surface area (Å²) in [5.74, 6) is 1.33. The summed E-state index contributed by atoms with van der Waals surface area (Å²) in [5.41, 5.74) is 2.21. The number of hydrogen-bond acceptors (Lipinski definition) is 4. The molecule has 0 unspecified atom stereocenters. The molecule has 2 aromatic carbocycles. The van der Waals surface area contributed by atoms with Crippen molar-refractivity contribution in [3.8, 4) is 11.5 Å². The summed E-state index contributed by atoms with van der Waals surface area (Å²) >= 11 is 3.47. The van der Waals surface area contributed by atoms with Crippen LogP contribution in [0.2, 0.25) is 0 Å². The zero-order valence-corrected chi connectivity index (χ0v) is 15.5. The summed E-state index contributed by atoms with van der Waals surface area (Å²) in [6, 6.07) is 13.8. The number of aromatic hydroxyl groups is 1. The number of methoxy groups -OCH3 is 1. The van der Waals surface area contributed by atoms with Crippen LogP contribution in [-0.4, -0.2) is 48.2 Å². The van der Waals surface area contributed by atoms with Gasteiger partial charge in [0.1, 0.15) is 11.5 Å². The molecule has 0 aliphatic carbocycles. The molecule has 0 amide bonds. The third-order valence-electron chi connectivity index (χ3n) is 4.49. The average Bonchev–Trinajstić information content (AvgIpc) is 2.60. The topological polar surface area (TPSA) is 35.9 Å². The molecule has 3 rings (SSSR count). The van der Waals surface area contributed by atoms with Crippen LogP contribution in [0.4, 0.5) is 0 Å². The summed E-state index contributed by atoms with van der Waals surface area (Å²) in [7, 11) is 1.72. The first-order chi connectivity index (χ1) is 11.7. The smallest absolute Gasteiger partial charge is 0.123 e. The van der Waals surface area contributed by atoms with Crippen molar-refractivity contribution in [1.29, 1.82) is 0 Å². The maximum absolute atomic E-state index is 10.00. The number of hydrogen-bond donors (Lipinski definition) is 1. The Morgan fingerprint density at radius 1 is 0.958 bits per heavy atom. The predicted molar refractivity (Wildman–Crippen MR) is 99.4 cm³/mol. The number of phenolic OH excluding ortho intramolecular Hbond substituents is 1. The lowest BCUT2D eigenvalue weighted by Gasteiger charge is -2.35. The molecule has 0 saturated carbocycles. The number of piperazine rings is 1. The Bertz CT molecular complexity index is 685. The Morgan fingerprint density at radius 3 is 2.25 bits per heavy atom. The Balaban J connectivity index is 1.55. The van der Waals surface area contributed by atoms with E-state index in [9.17, 15) is 5.11 Å². The van der Waals surface area contributed by atoms with Crippen LogP contribution >= 0.6 is 15.9 Å². The van der Waals surface area contributed by atoms with Gasteiger partial charge >= 0.3 is 0 Å². The molecule has 1 N–H and O–H groups in total. The van der Waals surface area contributed by atoms with E-state index in [4.69, 9.17) is 4.74 Å². The highest BCUT2D eigenvalue weighted by Crippen LogP contribution is 2.24. The number of benzene rings is 2. The normalized spacial score (nSPS) is 16.2. The molecule has 1 fully saturated rings. The van der Waals surface area contributed by atoms with E-state index in [1.165, 1.54) is 5.56 Å². The standard InChI is InChI=1S/C19H23BrN2O2/c1-24-19-5-3-2-4-15(19)13-21-8-10-22(11-9-21)14-16-12-17(20)6-7-18(16)23/h2-7,12,23H,8-11,13-14H2,1H3. The molecule has 1 heterocycles. The fourth-order valence-corrected chi connectivity index (χ4v) is 3.51. The van der Waals surface area contributed by atoms with E-state index in [-0.39, 0.29) is 0 Å². The Morgan fingerprint density at radius 2 is 1.58 bits per heavy atom. The van der Waals surface area contributed by atoms with Gasteiger partial charge in [0.15, 0.2) is 0 Å². The number of rotatable bonds is 5. The van der Waals surface area contributed by atoms with Crippen LogP contribution in [0, 0.1) is 0 Å². The molecule has 2 aromatic rings. The molecule has 1 saturated heterocycles. The molecule has 0 aromatic heterocycles. The Kier molecular flexibility index (Phi) is 5.76. The first kappa shape index (κ1) is 17.3. The van der Waals surface area contributed by atoms with Gasteiger partial charge in [-0.15, -0.1) is 0 Å². The van der Waals surface area contributed by atoms with Gasteiger partial charge in [-0.3, -0.25) is 9.80 Å². The SMILES string of the molecule is COc1ccccc1CN1CCN(Cc2cc(Br)ccc2O)CC1. The van der Waals surface area contributed by atoms with Crippen LogP contribution in [0.3, 0.4) is 0 Å². The lowest BCUT2D eigenvalue weighted by molar-refractivity contribution is 0.120. The minimum Gasteiger partial charge on any atom is -0.508 e. The van der Waals surface area contributed by atoms with Gasteiger partial charge in [0, 0.05) is 54.9 Å². The van der Waals surface area contributed by atoms with Crippen LogP contribution in [0.5, 0.6) is 11.5 Å². The van der Waals surface area contributed by atoms with E-state index < -0.39 is 0 Å². The van der Waals surface area contributed by atoms with Crippen molar-refractivity contribution in [2.45, 2.75) is 13.1 Å². The largest absolute Gasteiger partial charge is 0.508 e. The van der Waals surface area contributed by atoms with Crippen molar-refractivity contribution in [2.75, 3.05) is 33.3 Å². The quantitative estimate of drug-likeness (QED) is 0.847. The molecular formula is C19H23BrN2O2. The monoisotopic (exact) mass is 390 g/mol. The minimum absolute atomic E-state index is 0.370. The number of halogens is 1. The van der Waals surface area contributed by atoms with Crippen LogP contribution in [0.1, 0.15) is 11.1 Å². The molecule has 1 aliphatic heterocycles. The summed E-state index contributed by atoms with van der Waals surface area (Å²) < 4.78 is 6.45. The van der Waals surface area contributed by atoms with Crippen molar-refractivity contribution < 1.29 is 9.84 Å². The maximum atomic E-state index is 10.00. The zero-order chi connectivity index (χ0) is 16.9. The lowest BCUT2D eigenvalue weighted by atomic mass is 10.1. The summed E-state index contributed by atoms with van der Waals surface area (Å²) in [6.45, 7) is 5.75. The summed E-state index contributed by atoms with van der Waals surface area (Å²) in [4.78, 5) is 4.84. The number of ether oxygens (including phenoxy) is 1. The summed E-state index contributed by atoms with van der Waals surface area (Å²) in [6.07, 6.45) is 0. The van der Waals surface area contributed by atoms with Crippen LogP contribution in [0.15, 0.2) is 46.9 Å². The number of nitrogens with zero attached hydrogens (tertiary/aromatic N) is 2. The number of para-hydroxylation sites is 1. The predicted octanol–water partition coefficient (Wildman–Crippen LogP) is 3.48. The fourth-order valence-electron chi connectivity index (χ4n) is 3.10. The molecule has 1 aliphatic rings. The molecule has 0 spiro atoms. The van der Waals surface area contributed by atoms with Crippen molar-refractivity contribution in [3.63, 3.8) is 0 Å². The minimum atomic E-state index is 0.370. The van der Waals surface area contributed by atoms with E-state index >= 15 is 0 Å². The van der Waals surface area contributed by atoms with Gasteiger partial charge in [-0.1, -0.05) is 34.1 Å². The number of phenols is 1. The van der Waals surface area contributed by atoms with Crippen LogP contribution < -0.4 is 4.74 Å². The Hall–Kier alpha value is -1.56. The Labute approximate surface area is 151 Å². The summed E-state index contributed by atoms with van der Waals surface area (Å²) in [5, 5.41) is 10.00. The second-order valence-electron chi connectivity index (χ2n) is 6.14. The second kappa shape index (κ2) is 8.01. The highest BCUT2D eigenvalue weighted by Gasteiger charge is 2.19. The van der Waals surface area contributed by atoms with Gasteiger partial charge in [-0.2, -0.15) is 0 Å². The third kappa shape index (κ3) is 4.29. The van der Waals surface area contributed by atoms with Gasteiger partial charge in [0.05, 0.1) is 7.11 Å². The molecule has 0 radical (unpaired) electrons. The van der Waals surface area contributed by atoms with Crippen molar-refractivity contribution in [2.24, 2.45) is 0 Å². The van der Waals surface area contributed by atoms with Crippen molar-refractivity contribution in [1.82, 2.24) is 9.80 Å². The fraction of sp³-hybridized carbons (Fsp3) is 0.368. The first-order valence-corrected chi connectivity index (χ1v) is 8.99. The molecule has 5 heteroatoms. The third-order valence-corrected chi connectivity index (χ3v) is 4.98. The molecule has 24 heavy (non-hydrogen) atoms. The lowest BCUT2D eigenvalue weighted by Crippen LogP contribution is -2.45. The van der Waals surface area contributed by atoms with Crippen molar-refractivity contribution in [3.05, 3.63) is 58.1 Å². The van der Waals surface area contributed by atoms with Crippen LogP contribution in [-0.2, 0) is 13.1 Å². The molecule has 0 atom stereocenters. The first-order valence-electron chi connectivity index (χ1n) is 8.19. The van der Waals surface area contributed by atoms with Crippen LogP contribution in [0.25, 0.3) is 0 Å². The highest BCUT2D eigenvalue weighted by atomic mass is 79.9. The molecular weight excluding hydrogens is 368 g/mol. The van der Waals surface area contributed by atoms with Gasteiger partial charge in [0.25, 0.3) is 0 Å². The molecule has 128 valence electrons. The highest BCUT2D eigenvalue weighted by molar-refractivity contribution is 9.10. The maximum Gasteiger partial charge on any atom is 0.123 e. The van der Waals surface area contributed by atoms with Gasteiger partial charge in [-0.05, 0) is 24.3 Å². The zero-order valence-electron chi connectivity index (χ0n) is 13.9. The molecule has 0 bridgehead atoms. The van der Waals surface area contributed by atoms with Gasteiger partial charge < -0.3 is 9.84 Å². The average molecular weight is 391 g/mol.